The van der Waals surface area contributed by atoms with E-state index in [0.717, 1.165) is 28.9 Å². The predicted molar refractivity (Wildman–Crippen MR) is 71.4 cm³/mol. The van der Waals surface area contributed by atoms with Crippen LogP contribution in [0.25, 0.3) is 0 Å². The molecule has 1 aliphatic heterocycles. The number of thiazole rings is 1. The summed E-state index contributed by atoms with van der Waals surface area (Å²) in [5, 5.41) is 10.2. The molecular weight excluding hydrogens is 256 g/mol. The SMILES string of the molecule is C[C@H]1CCCN(Cc2ncc(Cl)s2)[C@@H]1CCO. The van der Waals surface area contributed by atoms with Gasteiger partial charge in [0, 0.05) is 12.6 Å². The predicted octanol–water partition coefficient (Wildman–Crippen LogP) is 2.78. The molecule has 0 radical (unpaired) electrons. The molecule has 1 fully saturated rings. The van der Waals surface area contributed by atoms with Gasteiger partial charge in [-0.25, -0.2) is 4.98 Å². The highest BCUT2D eigenvalue weighted by Gasteiger charge is 2.28. The second-order valence-corrected chi connectivity index (χ2v) is 6.47. The van der Waals surface area contributed by atoms with E-state index in [4.69, 9.17) is 16.7 Å². The summed E-state index contributed by atoms with van der Waals surface area (Å²) in [6.45, 7) is 4.52. The lowest BCUT2D eigenvalue weighted by Crippen LogP contribution is -2.44. The van der Waals surface area contributed by atoms with Crippen LogP contribution in [0.15, 0.2) is 6.20 Å². The number of rotatable bonds is 4. The van der Waals surface area contributed by atoms with Crippen molar-refractivity contribution in [2.75, 3.05) is 13.2 Å². The molecule has 0 aliphatic carbocycles. The number of halogens is 1. The van der Waals surface area contributed by atoms with Crippen LogP contribution in [-0.2, 0) is 6.54 Å². The topological polar surface area (TPSA) is 36.4 Å². The average Bonchev–Trinajstić information content (AvgIpc) is 2.69. The molecular formula is C12H19ClN2OS. The van der Waals surface area contributed by atoms with Crippen molar-refractivity contribution in [3.05, 3.63) is 15.5 Å². The maximum absolute atomic E-state index is 9.16. The van der Waals surface area contributed by atoms with Gasteiger partial charge < -0.3 is 5.11 Å². The van der Waals surface area contributed by atoms with Crippen molar-refractivity contribution in [3.8, 4) is 0 Å². The maximum Gasteiger partial charge on any atom is 0.113 e. The molecule has 1 aromatic heterocycles. The van der Waals surface area contributed by atoms with Crippen molar-refractivity contribution < 1.29 is 5.11 Å². The number of hydrogen-bond donors (Lipinski definition) is 1. The summed E-state index contributed by atoms with van der Waals surface area (Å²) in [7, 11) is 0. The molecule has 1 aliphatic rings. The van der Waals surface area contributed by atoms with Crippen molar-refractivity contribution in [2.45, 2.75) is 38.8 Å². The second kappa shape index (κ2) is 6.14. The largest absolute Gasteiger partial charge is 0.396 e. The van der Waals surface area contributed by atoms with Crippen LogP contribution >= 0.6 is 22.9 Å². The van der Waals surface area contributed by atoms with Crippen molar-refractivity contribution in [3.63, 3.8) is 0 Å². The van der Waals surface area contributed by atoms with Gasteiger partial charge in [0.05, 0.1) is 12.7 Å². The Morgan fingerprint density at radius 1 is 1.65 bits per heavy atom. The number of aliphatic hydroxyl groups is 1. The van der Waals surface area contributed by atoms with Crippen LogP contribution in [0.3, 0.4) is 0 Å². The third-order valence-corrected chi connectivity index (χ3v) is 4.62. The van der Waals surface area contributed by atoms with E-state index in [-0.39, 0.29) is 6.61 Å². The molecule has 0 saturated carbocycles. The molecule has 0 amide bonds. The fourth-order valence-corrected chi connectivity index (χ4v) is 3.65. The zero-order valence-electron chi connectivity index (χ0n) is 10.1. The van der Waals surface area contributed by atoms with Crippen LogP contribution in [0.4, 0.5) is 0 Å². The molecule has 96 valence electrons. The Morgan fingerprint density at radius 3 is 3.12 bits per heavy atom. The van der Waals surface area contributed by atoms with E-state index in [9.17, 15) is 0 Å². The Labute approximate surface area is 111 Å². The number of aliphatic hydroxyl groups excluding tert-OH is 1. The maximum atomic E-state index is 9.16. The molecule has 1 aromatic rings. The van der Waals surface area contributed by atoms with E-state index in [1.54, 1.807) is 17.5 Å². The smallest absolute Gasteiger partial charge is 0.113 e. The number of likely N-dealkylation sites (tertiary alicyclic amines) is 1. The molecule has 0 bridgehead atoms. The fourth-order valence-electron chi connectivity index (χ4n) is 2.66. The lowest BCUT2D eigenvalue weighted by molar-refractivity contribution is 0.0720. The zero-order valence-corrected chi connectivity index (χ0v) is 11.7. The highest BCUT2D eigenvalue weighted by molar-refractivity contribution is 7.15. The Kier molecular flexibility index (Phi) is 4.79. The van der Waals surface area contributed by atoms with Gasteiger partial charge in [0.2, 0.25) is 0 Å². The van der Waals surface area contributed by atoms with E-state index >= 15 is 0 Å². The van der Waals surface area contributed by atoms with Crippen LogP contribution in [0.2, 0.25) is 4.34 Å². The van der Waals surface area contributed by atoms with Crippen molar-refractivity contribution >= 4 is 22.9 Å². The van der Waals surface area contributed by atoms with Gasteiger partial charge in [-0.1, -0.05) is 18.5 Å². The van der Waals surface area contributed by atoms with Crippen LogP contribution < -0.4 is 0 Å². The normalized spacial score (nSPS) is 26.3. The van der Waals surface area contributed by atoms with Crippen molar-refractivity contribution in [1.29, 1.82) is 0 Å². The van der Waals surface area contributed by atoms with E-state index < -0.39 is 0 Å². The first-order chi connectivity index (χ1) is 8.20. The van der Waals surface area contributed by atoms with E-state index in [0.29, 0.717) is 12.0 Å². The molecule has 3 nitrogen and oxygen atoms in total. The molecule has 17 heavy (non-hydrogen) atoms. The van der Waals surface area contributed by atoms with Gasteiger partial charge in [-0.15, -0.1) is 11.3 Å². The lowest BCUT2D eigenvalue weighted by atomic mass is 9.89. The third kappa shape index (κ3) is 3.41. The lowest BCUT2D eigenvalue weighted by Gasteiger charge is -2.39. The van der Waals surface area contributed by atoms with E-state index in [2.05, 4.69) is 16.8 Å². The molecule has 0 spiro atoms. The van der Waals surface area contributed by atoms with Gasteiger partial charge in [0.1, 0.15) is 9.34 Å². The summed E-state index contributed by atoms with van der Waals surface area (Å²) >= 11 is 7.45. The quantitative estimate of drug-likeness (QED) is 0.917. The van der Waals surface area contributed by atoms with Crippen LogP contribution in [-0.4, -0.2) is 34.2 Å². The number of piperidine rings is 1. The minimum absolute atomic E-state index is 0.268. The summed E-state index contributed by atoms with van der Waals surface area (Å²) in [6.07, 6.45) is 5.08. The first kappa shape index (κ1) is 13.3. The number of hydrogen-bond acceptors (Lipinski definition) is 4. The molecule has 0 aromatic carbocycles. The molecule has 1 saturated heterocycles. The van der Waals surface area contributed by atoms with Crippen molar-refractivity contribution in [1.82, 2.24) is 9.88 Å². The minimum atomic E-state index is 0.268. The standard InChI is InChI=1S/C12H19ClN2OS/c1-9-3-2-5-15(10(9)4-6-16)8-12-14-7-11(13)17-12/h7,9-10,16H,2-6,8H2,1H3/t9-,10+/m0/s1. The van der Waals surface area contributed by atoms with Gasteiger partial charge in [-0.2, -0.15) is 0 Å². The van der Waals surface area contributed by atoms with Crippen LogP contribution in [0.1, 0.15) is 31.2 Å². The average molecular weight is 275 g/mol. The summed E-state index contributed by atoms with van der Waals surface area (Å²) < 4.78 is 0.753. The monoisotopic (exact) mass is 274 g/mol. The first-order valence-electron chi connectivity index (χ1n) is 6.16. The number of nitrogens with zero attached hydrogens (tertiary/aromatic N) is 2. The second-order valence-electron chi connectivity index (χ2n) is 4.73. The molecule has 2 rings (SSSR count). The van der Waals surface area contributed by atoms with Gasteiger partial charge in [0.15, 0.2) is 0 Å². The van der Waals surface area contributed by atoms with Gasteiger partial charge in [-0.3, -0.25) is 4.90 Å². The van der Waals surface area contributed by atoms with Gasteiger partial charge >= 0.3 is 0 Å². The van der Waals surface area contributed by atoms with Crippen LogP contribution in [0, 0.1) is 5.92 Å². The summed E-state index contributed by atoms with van der Waals surface area (Å²) in [6, 6.07) is 0.483. The molecule has 2 atom stereocenters. The number of aromatic nitrogens is 1. The molecule has 5 heteroatoms. The van der Waals surface area contributed by atoms with E-state index in [1.807, 2.05) is 0 Å². The van der Waals surface area contributed by atoms with Crippen LogP contribution in [0.5, 0.6) is 0 Å². The zero-order chi connectivity index (χ0) is 12.3. The minimum Gasteiger partial charge on any atom is -0.396 e. The van der Waals surface area contributed by atoms with E-state index in [1.165, 1.54) is 12.8 Å². The van der Waals surface area contributed by atoms with Gasteiger partial charge in [-0.05, 0) is 31.7 Å². The van der Waals surface area contributed by atoms with Crippen molar-refractivity contribution in [2.24, 2.45) is 5.92 Å². The summed E-state index contributed by atoms with van der Waals surface area (Å²) in [4.78, 5) is 6.76. The Balaban J connectivity index is 2.01. The molecule has 0 unspecified atom stereocenters. The third-order valence-electron chi connectivity index (χ3n) is 3.52. The Bertz CT molecular complexity index is 358. The van der Waals surface area contributed by atoms with Gasteiger partial charge in [0.25, 0.3) is 0 Å². The Morgan fingerprint density at radius 2 is 2.47 bits per heavy atom. The fraction of sp³-hybridized carbons (Fsp3) is 0.750. The Hall–Kier alpha value is -0.160. The summed E-state index contributed by atoms with van der Waals surface area (Å²) in [5.41, 5.74) is 0. The highest BCUT2D eigenvalue weighted by atomic mass is 35.5. The summed E-state index contributed by atoms with van der Waals surface area (Å²) in [5.74, 6) is 0.659. The molecule has 1 N–H and O–H groups in total. The highest BCUT2D eigenvalue weighted by Crippen LogP contribution is 2.28. The molecule has 2 heterocycles. The first-order valence-corrected chi connectivity index (χ1v) is 7.35.